The fourth-order valence-corrected chi connectivity index (χ4v) is 2.28. The Labute approximate surface area is 113 Å². The minimum Gasteiger partial charge on any atom is -0.497 e. The molecule has 0 bridgehead atoms. The predicted octanol–water partition coefficient (Wildman–Crippen LogP) is 1.20. The fourth-order valence-electron chi connectivity index (χ4n) is 2.28. The van der Waals surface area contributed by atoms with E-state index in [1.54, 1.807) is 19.1 Å². The maximum atomic E-state index is 11.9. The van der Waals surface area contributed by atoms with E-state index >= 15 is 0 Å². The molecule has 5 heteroatoms. The molecule has 0 spiro atoms. The first kappa shape index (κ1) is 13.7. The molecule has 1 aliphatic rings. The van der Waals surface area contributed by atoms with Gasteiger partial charge in [-0.1, -0.05) is 0 Å². The zero-order valence-electron chi connectivity index (χ0n) is 11.6. The largest absolute Gasteiger partial charge is 0.497 e. The van der Waals surface area contributed by atoms with Crippen molar-refractivity contribution in [2.75, 3.05) is 34.4 Å². The lowest BCUT2D eigenvalue weighted by molar-refractivity contribution is -0.131. The Morgan fingerprint density at radius 3 is 2.42 bits per heavy atom. The molecule has 1 atom stereocenters. The number of hydrogen-bond acceptors (Lipinski definition) is 4. The van der Waals surface area contributed by atoms with Crippen LogP contribution < -0.4 is 14.8 Å². The minimum atomic E-state index is -0.000926. The number of likely N-dealkylation sites (N-methyl/N-ethyl adjacent to an activating group) is 1. The molecule has 0 saturated carbocycles. The highest BCUT2D eigenvalue weighted by molar-refractivity contribution is 5.77. The topological polar surface area (TPSA) is 50.8 Å². The summed E-state index contributed by atoms with van der Waals surface area (Å²) in [6.07, 6.45) is 0.536. The van der Waals surface area contributed by atoms with Crippen LogP contribution in [0.3, 0.4) is 0 Å². The van der Waals surface area contributed by atoms with Gasteiger partial charge in [-0.05, 0) is 17.7 Å². The van der Waals surface area contributed by atoms with Gasteiger partial charge < -0.3 is 19.7 Å². The number of hydrogen-bond donors (Lipinski definition) is 1. The molecule has 1 fully saturated rings. The smallest absolute Gasteiger partial charge is 0.224 e. The van der Waals surface area contributed by atoms with Crippen LogP contribution in [0.25, 0.3) is 0 Å². The highest BCUT2D eigenvalue weighted by atomic mass is 16.5. The number of methoxy groups -OCH3 is 2. The van der Waals surface area contributed by atoms with Crippen molar-refractivity contribution < 1.29 is 14.3 Å². The summed E-state index contributed by atoms with van der Waals surface area (Å²) in [6.45, 7) is 1.46. The van der Waals surface area contributed by atoms with Gasteiger partial charge in [-0.15, -0.1) is 0 Å². The number of carbonyl (C=O) groups excluding carboxylic acids is 1. The molecule has 1 unspecified atom stereocenters. The van der Waals surface area contributed by atoms with Gasteiger partial charge in [0.2, 0.25) is 5.91 Å². The van der Waals surface area contributed by atoms with Crippen molar-refractivity contribution in [1.29, 1.82) is 0 Å². The second-order valence-corrected chi connectivity index (χ2v) is 4.62. The lowest BCUT2D eigenvalue weighted by Gasteiger charge is -2.26. The third kappa shape index (κ3) is 2.98. The van der Waals surface area contributed by atoms with Gasteiger partial charge in [0.15, 0.2) is 0 Å². The van der Waals surface area contributed by atoms with Crippen LogP contribution >= 0.6 is 0 Å². The molecule has 1 heterocycles. The lowest BCUT2D eigenvalue weighted by Crippen LogP contribution is -2.32. The molecule has 19 heavy (non-hydrogen) atoms. The summed E-state index contributed by atoms with van der Waals surface area (Å²) < 4.78 is 10.6. The maximum absolute atomic E-state index is 11.9. The Balaban J connectivity index is 2.35. The average molecular weight is 264 g/mol. The summed E-state index contributed by atoms with van der Waals surface area (Å²) >= 11 is 0. The summed E-state index contributed by atoms with van der Waals surface area (Å²) in [5.41, 5.74) is 1.02. The molecule has 0 aromatic heterocycles. The van der Waals surface area contributed by atoms with Crippen molar-refractivity contribution in [3.8, 4) is 11.5 Å². The highest BCUT2D eigenvalue weighted by Gasteiger charge is 2.24. The van der Waals surface area contributed by atoms with Crippen LogP contribution in [-0.4, -0.2) is 45.2 Å². The molecule has 1 aliphatic heterocycles. The van der Waals surface area contributed by atoms with Crippen LogP contribution in [-0.2, 0) is 4.79 Å². The molecule has 1 amide bonds. The van der Waals surface area contributed by atoms with Gasteiger partial charge in [-0.25, -0.2) is 0 Å². The number of nitrogens with zero attached hydrogens (tertiary/aromatic N) is 1. The zero-order chi connectivity index (χ0) is 13.8. The molecule has 0 radical (unpaired) electrons. The van der Waals surface area contributed by atoms with Gasteiger partial charge >= 0.3 is 0 Å². The van der Waals surface area contributed by atoms with Crippen molar-refractivity contribution in [2.45, 2.75) is 12.5 Å². The first-order valence-electron chi connectivity index (χ1n) is 6.35. The first-order valence-corrected chi connectivity index (χ1v) is 6.35. The Kier molecular flexibility index (Phi) is 4.27. The average Bonchev–Trinajstić information content (AvgIpc) is 2.61. The van der Waals surface area contributed by atoms with Crippen LogP contribution in [0.2, 0.25) is 0 Å². The van der Waals surface area contributed by atoms with E-state index < -0.39 is 0 Å². The number of amides is 1. The number of carbonyl (C=O) groups is 1. The molecular weight excluding hydrogens is 244 g/mol. The number of rotatable bonds is 3. The summed E-state index contributed by atoms with van der Waals surface area (Å²) in [5.74, 6) is 1.62. The van der Waals surface area contributed by atoms with E-state index in [0.717, 1.165) is 30.2 Å². The summed E-state index contributed by atoms with van der Waals surface area (Å²) in [5, 5.41) is 3.29. The predicted molar refractivity (Wildman–Crippen MR) is 72.5 cm³/mol. The van der Waals surface area contributed by atoms with Gasteiger partial charge in [0, 0.05) is 32.6 Å². The molecule has 1 N–H and O–H groups in total. The number of nitrogens with one attached hydrogen (secondary N) is 1. The third-order valence-electron chi connectivity index (χ3n) is 3.47. The molecular formula is C14H20N2O3. The van der Waals surface area contributed by atoms with E-state index in [1.165, 1.54) is 0 Å². The summed E-state index contributed by atoms with van der Waals surface area (Å²) in [6, 6.07) is 5.72. The Bertz CT molecular complexity index is 440. The third-order valence-corrected chi connectivity index (χ3v) is 3.47. The molecule has 1 aromatic carbocycles. The molecule has 5 nitrogen and oxygen atoms in total. The van der Waals surface area contributed by atoms with Crippen LogP contribution in [0.5, 0.6) is 11.5 Å². The monoisotopic (exact) mass is 264 g/mol. The standard InChI is InChI=1S/C14H20N2O3/c1-16-13(9-15-5-4-14(16)17)10-6-11(18-2)8-12(7-10)19-3/h6-8,13,15H,4-5,9H2,1-3H3. The number of ether oxygens (including phenoxy) is 2. The molecule has 104 valence electrons. The Hall–Kier alpha value is -1.75. The van der Waals surface area contributed by atoms with Crippen LogP contribution in [0.4, 0.5) is 0 Å². The number of benzene rings is 1. The van der Waals surface area contributed by atoms with Crippen molar-refractivity contribution in [3.05, 3.63) is 23.8 Å². The van der Waals surface area contributed by atoms with Crippen LogP contribution in [0.15, 0.2) is 18.2 Å². The second-order valence-electron chi connectivity index (χ2n) is 4.62. The fraction of sp³-hybridized carbons (Fsp3) is 0.500. The quantitative estimate of drug-likeness (QED) is 0.891. The van der Waals surface area contributed by atoms with Gasteiger partial charge in [-0.3, -0.25) is 4.79 Å². The Morgan fingerprint density at radius 2 is 1.84 bits per heavy atom. The normalized spacial score (nSPS) is 20.1. The van der Waals surface area contributed by atoms with Crippen molar-refractivity contribution in [2.24, 2.45) is 0 Å². The van der Waals surface area contributed by atoms with Crippen molar-refractivity contribution in [1.82, 2.24) is 10.2 Å². The SMILES string of the molecule is COc1cc(OC)cc(C2CNCCC(=O)N2C)c1. The van der Waals surface area contributed by atoms with Gasteiger partial charge in [0.05, 0.1) is 20.3 Å². The molecule has 1 aromatic rings. The summed E-state index contributed by atoms with van der Waals surface area (Å²) in [7, 11) is 5.09. The van der Waals surface area contributed by atoms with Gasteiger partial charge in [-0.2, -0.15) is 0 Å². The second kappa shape index (κ2) is 5.93. The molecule has 2 rings (SSSR count). The lowest BCUT2D eigenvalue weighted by atomic mass is 10.0. The molecule has 0 aliphatic carbocycles. The summed E-state index contributed by atoms with van der Waals surface area (Å²) in [4.78, 5) is 13.7. The van der Waals surface area contributed by atoms with Crippen molar-refractivity contribution in [3.63, 3.8) is 0 Å². The maximum Gasteiger partial charge on any atom is 0.224 e. The Morgan fingerprint density at radius 1 is 1.21 bits per heavy atom. The first-order chi connectivity index (χ1) is 9.15. The van der Waals surface area contributed by atoms with Crippen LogP contribution in [0, 0.1) is 0 Å². The van der Waals surface area contributed by atoms with Gasteiger partial charge in [0.25, 0.3) is 0 Å². The van der Waals surface area contributed by atoms with E-state index in [4.69, 9.17) is 9.47 Å². The zero-order valence-corrected chi connectivity index (χ0v) is 11.6. The molecule has 1 saturated heterocycles. The van der Waals surface area contributed by atoms with E-state index in [0.29, 0.717) is 6.42 Å². The van der Waals surface area contributed by atoms with E-state index in [-0.39, 0.29) is 11.9 Å². The van der Waals surface area contributed by atoms with Gasteiger partial charge in [0.1, 0.15) is 11.5 Å². The van der Waals surface area contributed by atoms with Crippen LogP contribution in [0.1, 0.15) is 18.0 Å². The van der Waals surface area contributed by atoms with Crippen molar-refractivity contribution >= 4 is 5.91 Å². The highest BCUT2D eigenvalue weighted by Crippen LogP contribution is 2.29. The minimum absolute atomic E-state index is 0.000926. The van der Waals surface area contributed by atoms with E-state index in [2.05, 4.69) is 5.32 Å². The van der Waals surface area contributed by atoms with E-state index in [1.807, 2.05) is 25.2 Å². The van der Waals surface area contributed by atoms with E-state index in [9.17, 15) is 4.79 Å².